The van der Waals surface area contributed by atoms with Gasteiger partial charge < -0.3 is 10.2 Å². The molecule has 3 aromatic rings. The van der Waals surface area contributed by atoms with Gasteiger partial charge >= 0.3 is 0 Å². The van der Waals surface area contributed by atoms with Crippen LogP contribution in [0.5, 0.6) is 0 Å². The summed E-state index contributed by atoms with van der Waals surface area (Å²) in [6.45, 7) is 0.497. The monoisotopic (exact) mass is 472 g/mol. The van der Waals surface area contributed by atoms with Gasteiger partial charge in [-0.2, -0.15) is 5.10 Å². The number of amides is 2. The van der Waals surface area contributed by atoms with Gasteiger partial charge in [-0.3, -0.25) is 14.7 Å². The number of aryl methyl sites for hydroxylation is 1. The number of hydrogen-bond acceptors (Lipinski definition) is 3. The van der Waals surface area contributed by atoms with E-state index in [-0.39, 0.29) is 24.2 Å². The van der Waals surface area contributed by atoms with E-state index in [1.165, 1.54) is 12.1 Å². The van der Waals surface area contributed by atoms with Gasteiger partial charge in [0.15, 0.2) is 0 Å². The van der Waals surface area contributed by atoms with Crippen LogP contribution in [0.25, 0.3) is 11.3 Å². The van der Waals surface area contributed by atoms with Gasteiger partial charge in [-0.15, -0.1) is 0 Å². The highest BCUT2D eigenvalue weighted by Gasteiger charge is 2.12. The van der Waals surface area contributed by atoms with Crippen LogP contribution in [0, 0.1) is 5.82 Å². The Labute approximate surface area is 182 Å². The first-order chi connectivity index (χ1) is 14.4. The van der Waals surface area contributed by atoms with Crippen molar-refractivity contribution in [2.45, 2.75) is 12.8 Å². The minimum atomic E-state index is -0.288. The molecule has 0 bridgehead atoms. The molecule has 2 N–H and O–H groups in total. The minimum absolute atomic E-state index is 0.0549. The van der Waals surface area contributed by atoms with Crippen molar-refractivity contribution in [3.63, 3.8) is 0 Å². The maximum absolute atomic E-state index is 13.0. The van der Waals surface area contributed by atoms with E-state index in [4.69, 9.17) is 0 Å². The van der Waals surface area contributed by atoms with E-state index in [0.29, 0.717) is 12.1 Å². The number of nitrogens with one attached hydrogen (secondary N) is 2. The number of carbonyl (C=O) groups excluding carboxylic acids is 2. The van der Waals surface area contributed by atoms with Crippen molar-refractivity contribution in [1.82, 2.24) is 20.4 Å². The second-order valence-electron chi connectivity index (χ2n) is 6.90. The van der Waals surface area contributed by atoms with E-state index < -0.39 is 0 Å². The summed E-state index contributed by atoms with van der Waals surface area (Å²) < 4.78 is 13.8. The zero-order valence-corrected chi connectivity index (χ0v) is 18.1. The van der Waals surface area contributed by atoms with Crippen LogP contribution in [-0.4, -0.2) is 47.0 Å². The molecule has 156 valence electrons. The highest BCUT2D eigenvalue weighted by Crippen LogP contribution is 2.18. The van der Waals surface area contributed by atoms with Gasteiger partial charge in [-0.25, -0.2) is 4.39 Å². The Bertz CT molecular complexity index is 1020. The van der Waals surface area contributed by atoms with Crippen LogP contribution in [0.2, 0.25) is 0 Å². The molecule has 0 fully saturated rings. The predicted octanol–water partition coefficient (Wildman–Crippen LogP) is 3.80. The molecule has 0 radical (unpaired) electrons. The summed E-state index contributed by atoms with van der Waals surface area (Å²) in [4.78, 5) is 26.0. The van der Waals surface area contributed by atoms with Crippen molar-refractivity contribution in [3.05, 3.63) is 76.1 Å². The normalized spacial score (nSPS) is 10.6. The summed E-state index contributed by atoms with van der Waals surface area (Å²) in [5.41, 5.74) is 3.03. The number of likely N-dealkylation sites (N-methyl/N-ethyl adjacent to an activating group) is 1. The molecule has 8 heteroatoms. The van der Waals surface area contributed by atoms with Gasteiger partial charge in [0.25, 0.3) is 5.91 Å². The molecule has 0 spiro atoms. The molecule has 0 aliphatic carbocycles. The Morgan fingerprint density at radius 3 is 2.67 bits per heavy atom. The number of aromatic amines is 1. The van der Waals surface area contributed by atoms with Crippen LogP contribution in [0.4, 0.5) is 4.39 Å². The third-order valence-electron chi connectivity index (χ3n) is 4.62. The van der Waals surface area contributed by atoms with E-state index in [1.807, 2.05) is 12.1 Å². The van der Waals surface area contributed by atoms with Crippen LogP contribution in [-0.2, 0) is 11.2 Å². The summed E-state index contributed by atoms with van der Waals surface area (Å²) in [6.07, 6.45) is 1.46. The van der Waals surface area contributed by atoms with Crippen LogP contribution in [0.15, 0.2) is 59.1 Å². The topological polar surface area (TPSA) is 78.1 Å². The lowest BCUT2D eigenvalue weighted by Gasteiger charge is -2.17. The Hall–Kier alpha value is -3.00. The van der Waals surface area contributed by atoms with E-state index >= 15 is 0 Å². The molecule has 0 saturated heterocycles. The van der Waals surface area contributed by atoms with Crippen molar-refractivity contribution in [2.24, 2.45) is 0 Å². The van der Waals surface area contributed by atoms with Crippen molar-refractivity contribution in [2.75, 3.05) is 20.1 Å². The van der Waals surface area contributed by atoms with Crippen molar-refractivity contribution < 1.29 is 14.0 Å². The number of benzene rings is 2. The van der Waals surface area contributed by atoms with Crippen LogP contribution >= 0.6 is 15.9 Å². The second-order valence-corrected chi connectivity index (χ2v) is 7.81. The van der Waals surface area contributed by atoms with Gasteiger partial charge in [-0.1, -0.05) is 22.0 Å². The third kappa shape index (κ3) is 6.00. The molecule has 1 aromatic heterocycles. The van der Waals surface area contributed by atoms with Gasteiger partial charge in [0.1, 0.15) is 5.82 Å². The van der Waals surface area contributed by atoms with E-state index in [1.54, 1.807) is 42.3 Å². The lowest BCUT2D eigenvalue weighted by atomic mass is 10.1. The van der Waals surface area contributed by atoms with Crippen LogP contribution in [0.1, 0.15) is 22.5 Å². The Morgan fingerprint density at radius 2 is 1.93 bits per heavy atom. The smallest absolute Gasteiger partial charge is 0.251 e. The zero-order chi connectivity index (χ0) is 21.5. The standard InChI is InChI=1S/C22H22BrFN4O2/c1-28(21(29)14-25-22(30)16-4-2-5-17(23)12-16)11-3-6-19-13-20(27-26-19)15-7-9-18(24)10-8-15/h2,4-5,7-10,12-13H,3,6,11,14H2,1H3,(H,25,30)(H,26,27). The molecule has 0 atom stereocenters. The number of nitrogens with zero attached hydrogens (tertiary/aromatic N) is 2. The summed E-state index contributed by atoms with van der Waals surface area (Å²) in [5, 5.41) is 9.88. The molecular weight excluding hydrogens is 451 g/mol. The average Bonchev–Trinajstić information content (AvgIpc) is 3.21. The minimum Gasteiger partial charge on any atom is -0.344 e. The number of rotatable bonds is 8. The molecule has 2 amide bonds. The van der Waals surface area contributed by atoms with Crippen molar-refractivity contribution in [1.29, 1.82) is 0 Å². The number of halogens is 2. The Balaban J connectivity index is 1.42. The number of carbonyl (C=O) groups is 2. The molecular formula is C22H22BrFN4O2. The van der Waals surface area contributed by atoms with E-state index in [2.05, 4.69) is 31.4 Å². The van der Waals surface area contributed by atoms with Gasteiger partial charge in [0, 0.05) is 34.9 Å². The molecule has 30 heavy (non-hydrogen) atoms. The quantitative estimate of drug-likeness (QED) is 0.523. The highest BCUT2D eigenvalue weighted by atomic mass is 79.9. The molecule has 0 aliphatic heterocycles. The first-order valence-corrected chi connectivity index (χ1v) is 10.3. The summed E-state index contributed by atoms with van der Waals surface area (Å²) >= 11 is 3.32. The average molecular weight is 473 g/mol. The maximum Gasteiger partial charge on any atom is 0.251 e. The predicted molar refractivity (Wildman–Crippen MR) is 116 cm³/mol. The summed E-state index contributed by atoms with van der Waals surface area (Å²) in [6, 6.07) is 15.1. The van der Waals surface area contributed by atoms with E-state index in [9.17, 15) is 14.0 Å². The van der Waals surface area contributed by atoms with E-state index in [0.717, 1.165) is 34.3 Å². The molecule has 0 aliphatic rings. The molecule has 3 rings (SSSR count). The fraction of sp³-hybridized carbons (Fsp3) is 0.227. The molecule has 2 aromatic carbocycles. The fourth-order valence-electron chi connectivity index (χ4n) is 2.91. The molecule has 6 nitrogen and oxygen atoms in total. The lowest BCUT2D eigenvalue weighted by molar-refractivity contribution is -0.128. The zero-order valence-electron chi connectivity index (χ0n) is 16.5. The van der Waals surface area contributed by atoms with Gasteiger partial charge in [0.2, 0.25) is 5.91 Å². The number of H-pyrrole nitrogens is 1. The Kier molecular flexibility index (Phi) is 7.35. The largest absolute Gasteiger partial charge is 0.344 e. The highest BCUT2D eigenvalue weighted by molar-refractivity contribution is 9.10. The van der Waals surface area contributed by atoms with Crippen molar-refractivity contribution >= 4 is 27.7 Å². The summed E-state index contributed by atoms with van der Waals surface area (Å²) in [5.74, 6) is -0.728. The lowest BCUT2D eigenvalue weighted by Crippen LogP contribution is -2.38. The van der Waals surface area contributed by atoms with Gasteiger partial charge in [0.05, 0.1) is 12.2 Å². The summed E-state index contributed by atoms with van der Waals surface area (Å²) in [7, 11) is 1.71. The number of hydrogen-bond donors (Lipinski definition) is 2. The second kappa shape index (κ2) is 10.2. The molecule has 0 unspecified atom stereocenters. The fourth-order valence-corrected chi connectivity index (χ4v) is 3.31. The van der Waals surface area contributed by atoms with Crippen molar-refractivity contribution in [3.8, 4) is 11.3 Å². The molecule has 1 heterocycles. The molecule has 0 saturated carbocycles. The van der Waals surface area contributed by atoms with Gasteiger partial charge in [-0.05, 0) is 61.4 Å². The first-order valence-electron chi connectivity index (χ1n) is 9.50. The van der Waals surface area contributed by atoms with Crippen LogP contribution < -0.4 is 5.32 Å². The van der Waals surface area contributed by atoms with Crippen LogP contribution in [0.3, 0.4) is 0 Å². The Morgan fingerprint density at radius 1 is 1.17 bits per heavy atom. The maximum atomic E-state index is 13.0. The number of aromatic nitrogens is 2. The first kappa shape index (κ1) is 21.7. The SMILES string of the molecule is CN(CCCc1cc(-c2ccc(F)cc2)n[nH]1)C(=O)CNC(=O)c1cccc(Br)c1. The third-order valence-corrected chi connectivity index (χ3v) is 5.12.